The zero-order chi connectivity index (χ0) is 12.1. The van der Waals surface area contributed by atoms with E-state index in [1.54, 1.807) is 0 Å². The molecule has 2 heterocycles. The van der Waals surface area contributed by atoms with Crippen molar-refractivity contribution in [2.45, 2.75) is 37.9 Å². The van der Waals surface area contributed by atoms with Crippen LogP contribution in [0.5, 0.6) is 0 Å². The first-order valence-electron chi connectivity index (χ1n) is 5.93. The molecule has 2 unspecified atom stereocenters. The van der Waals surface area contributed by atoms with Gasteiger partial charge in [0.05, 0.1) is 13.2 Å². The zero-order valence-corrected chi connectivity index (χ0v) is 10.5. The summed E-state index contributed by atoms with van der Waals surface area (Å²) in [6.45, 7) is 1.95. The molecule has 0 aromatic heterocycles. The van der Waals surface area contributed by atoms with Gasteiger partial charge in [-0.1, -0.05) is 0 Å². The molecule has 100 valence electrons. The summed E-state index contributed by atoms with van der Waals surface area (Å²) in [6, 6.07) is 0. The van der Waals surface area contributed by atoms with Crippen LogP contribution in [0.3, 0.4) is 0 Å². The summed E-state index contributed by atoms with van der Waals surface area (Å²) in [6.07, 6.45) is 2.16. The van der Waals surface area contributed by atoms with Crippen molar-refractivity contribution >= 4 is 10.4 Å². The summed E-state index contributed by atoms with van der Waals surface area (Å²) in [5.74, 6) is 0. The summed E-state index contributed by atoms with van der Waals surface area (Å²) in [7, 11) is -3.94. The molecule has 0 radical (unpaired) electrons. The van der Waals surface area contributed by atoms with Crippen LogP contribution in [-0.4, -0.2) is 47.1 Å². The standard InChI is InChI=1S/C10H18O6S/c11-17(12,15-9-3-1-5-13-7-9)16-10-4-2-6-14-8-10/h9-10H,1-8H2. The molecular formula is C10H18O6S. The van der Waals surface area contributed by atoms with Crippen molar-refractivity contribution in [3.05, 3.63) is 0 Å². The molecule has 0 aliphatic carbocycles. The molecule has 0 N–H and O–H groups in total. The lowest BCUT2D eigenvalue weighted by molar-refractivity contribution is -0.0201. The Balaban J connectivity index is 1.80. The van der Waals surface area contributed by atoms with Crippen LogP contribution in [-0.2, 0) is 28.2 Å². The van der Waals surface area contributed by atoms with Crippen LogP contribution in [0.4, 0.5) is 0 Å². The van der Waals surface area contributed by atoms with Crippen LogP contribution >= 0.6 is 0 Å². The molecule has 0 spiro atoms. The molecule has 2 aliphatic rings. The van der Waals surface area contributed by atoms with E-state index in [2.05, 4.69) is 0 Å². The SMILES string of the molecule is O=S(=O)(OC1CCCOC1)OC1CCCOC1. The van der Waals surface area contributed by atoms with Crippen molar-refractivity contribution in [1.29, 1.82) is 0 Å². The molecule has 0 amide bonds. The zero-order valence-electron chi connectivity index (χ0n) is 9.67. The van der Waals surface area contributed by atoms with Crippen molar-refractivity contribution in [3.8, 4) is 0 Å². The van der Waals surface area contributed by atoms with Gasteiger partial charge < -0.3 is 9.47 Å². The Morgan fingerprint density at radius 3 is 1.71 bits per heavy atom. The van der Waals surface area contributed by atoms with Crippen LogP contribution < -0.4 is 0 Å². The highest BCUT2D eigenvalue weighted by atomic mass is 32.3. The van der Waals surface area contributed by atoms with Gasteiger partial charge in [0.2, 0.25) is 0 Å². The molecule has 6 nitrogen and oxygen atoms in total. The Kier molecular flexibility index (Phi) is 4.75. The lowest BCUT2D eigenvalue weighted by atomic mass is 10.2. The minimum Gasteiger partial charge on any atom is -0.379 e. The van der Waals surface area contributed by atoms with Gasteiger partial charge >= 0.3 is 10.4 Å². The van der Waals surface area contributed by atoms with Gasteiger partial charge in [0, 0.05) is 13.2 Å². The largest absolute Gasteiger partial charge is 0.400 e. The maximum atomic E-state index is 11.6. The van der Waals surface area contributed by atoms with Gasteiger partial charge in [-0.3, -0.25) is 0 Å². The second-order valence-electron chi connectivity index (χ2n) is 4.28. The van der Waals surface area contributed by atoms with Crippen molar-refractivity contribution < 1.29 is 26.3 Å². The third-order valence-corrected chi connectivity index (χ3v) is 3.76. The van der Waals surface area contributed by atoms with E-state index in [1.807, 2.05) is 0 Å². The van der Waals surface area contributed by atoms with Crippen LogP contribution in [0.2, 0.25) is 0 Å². The van der Waals surface area contributed by atoms with Crippen molar-refractivity contribution in [2.75, 3.05) is 26.4 Å². The summed E-state index contributed by atoms with van der Waals surface area (Å²) in [5, 5.41) is 0. The van der Waals surface area contributed by atoms with E-state index in [1.165, 1.54) is 0 Å². The number of rotatable bonds is 4. The van der Waals surface area contributed by atoms with Gasteiger partial charge in [-0.15, -0.1) is 0 Å². The van der Waals surface area contributed by atoms with Gasteiger partial charge in [-0.2, -0.15) is 8.42 Å². The minimum atomic E-state index is -3.94. The van der Waals surface area contributed by atoms with Crippen LogP contribution in [0.15, 0.2) is 0 Å². The van der Waals surface area contributed by atoms with Crippen LogP contribution in [0.25, 0.3) is 0 Å². The number of hydrogen-bond acceptors (Lipinski definition) is 6. The molecule has 2 rings (SSSR count). The van der Waals surface area contributed by atoms with Gasteiger partial charge in [0.25, 0.3) is 0 Å². The molecule has 2 aliphatic heterocycles. The first-order valence-corrected chi connectivity index (χ1v) is 7.26. The Bertz CT molecular complexity index is 290. The minimum absolute atomic E-state index is 0.309. The smallest absolute Gasteiger partial charge is 0.379 e. The highest BCUT2D eigenvalue weighted by Crippen LogP contribution is 2.17. The third kappa shape index (κ3) is 4.51. The summed E-state index contributed by atoms with van der Waals surface area (Å²) in [4.78, 5) is 0. The molecule has 2 fully saturated rings. The average Bonchev–Trinajstić information content (AvgIpc) is 2.30. The van der Waals surface area contributed by atoms with Gasteiger partial charge in [0.15, 0.2) is 0 Å². The van der Waals surface area contributed by atoms with Crippen LogP contribution in [0.1, 0.15) is 25.7 Å². The second-order valence-corrected chi connectivity index (χ2v) is 5.48. The van der Waals surface area contributed by atoms with Crippen molar-refractivity contribution in [2.24, 2.45) is 0 Å². The van der Waals surface area contributed by atoms with E-state index in [9.17, 15) is 8.42 Å². The molecule has 17 heavy (non-hydrogen) atoms. The Morgan fingerprint density at radius 1 is 0.882 bits per heavy atom. The fourth-order valence-electron chi connectivity index (χ4n) is 1.93. The molecule has 0 saturated carbocycles. The van der Waals surface area contributed by atoms with Crippen molar-refractivity contribution in [3.63, 3.8) is 0 Å². The van der Waals surface area contributed by atoms with Gasteiger partial charge in [-0.05, 0) is 25.7 Å². The van der Waals surface area contributed by atoms with Crippen molar-refractivity contribution in [1.82, 2.24) is 0 Å². The Labute approximate surface area is 102 Å². The average molecular weight is 266 g/mol. The monoisotopic (exact) mass is 266 g/mol. The van der Waals surface area contributed by atoms with E-state index in [4.69, 9.17) is 17.8 Å². The molecule has 0 aromatic rings. The fourth-order valence-corrected chi connectivity index (χ4v) is 2.95. The Hall–Kier alpha value is -0.210. The number of hydrogen-bond donors (Lipinski definition) is 0. The summed E-state index contributed by atoms with van der Waals surface area (Å²) >= 11 is 0. The number of ether oxygens (including phenoxy) is 2. The van der Waals surface area contributed by atoms with Gasteiger partial charge in [0.1, 0.15) is 12.2 Å². The second kappa shape index (κ2) is 6.10. The lowest BCUT2D eigenvalue weighted by Crippen LogP contribution is -2.33. The van der Waals surface area contributed by atoms with E-state index in [-0.39, 0.29) is 0 Å². The molecule has 0 aromatic carbocycles. The third-order valence-electron chi connectivity index (χ3n) is 2.74. The molecule has 2 saturated heterocycles. The molecular weight excluding hydrogens is 248 g/mol. The molecule has 7 heteroatoms. The molecule has 2 atom stereocenters. The highest BCUT2D eigenvalue weighted by molar-refractivity contribution is 7.81. The summed E-state index contributed by atoms with van der Waals surface area (Å²) in [5.41, 5.74) is 0. The van der Waals surface area contributed by atoms with E-state index in [0.29, 0.717) is 39.3 Å². The first kappa shape index (κ1) is 13.2. The Morgan fingerprint density at radius 2 is 1.35 bits per heavy atom. The quantitative estimate of drug-likeness (QED) is 0.743. The maximum Gasteiger partial charge on any atom is 0.400 e. The van der Waals surface area contributed by atoms with Crippen LogP contribution in [0, 0.1) is 0 Å². The summed E-state index contributed by atoms with van der Waals surface area (Å²) < 4.78 is 43.4. The highest BCUT2D eigenvalue weighted by Gasteiger charge is 2.27. The normalized spacial score (nSPS) is 31.3. The predicted octanol–water partition coefficient (Wildman–Crippen LogP) is 0.622. The van der Waals surface area contributed by atoms with E-state index >= 15 is 0 Å². The first-order chi connectivity index (χ1) is 8.16. The lowest BCUT2D eigenvalue weighted by Gasteiger charge is -2.24. The topological polar surface area (TPSA) is 71.1 Å². The maximum absolute atomic E-state index is 11.6. The van der Waals surface area contributed by atoms with Gasteiger partial charge in [-0.25, -0.2) is 8.37 Å². The predicted molar refractivity (Wildman–Crippen MR) is 58.8 cm³/mol. The van der Waals surface area contributed by atoms with E-state index in [0.717, 1.165) is 12.8 Å². The fraction of sp³-hybridized carbons (Fsp3) is 1.00. The van der Waals surface area contributed by atoms with E-state index < -0.39 is 22.6 Å². The molecule has 0 bridgehead atoms.